The minimum absolute atomic E-state index is 0.246. The number of anilines is 1. The van der Waals surface area contributed by atoms with Crippen LogP contribution in [0.3, 0.4) is 0 Å². The molecule has 6 nitrogen and oxygen atoms in total. The first-order valence-corrected chi connectivity index (χ1v) is 7.65. The summed E-state index contributed by atoms with van der Waals surface area (Å²) in [6.07, 6.45) is 5.27. The lowest BCUT2D eigenvalue weighted by Crippen LogP contribution is -2.28. The maximum absolute atomic E-state index is 12.0. The molecule has 0 saturated heterocycles. The van der Waals surface area contributed by atoms with Gasteiger partial charge in [0.05, 0.1) is 5.69 Å². The van der Waals surface area contributed by atoms with Gasteiger partial charge in [0.25, 0.3) is 0 Å². The molecule has 2 aromatic heterocycles. The Morgan fingerprint density at radius 3 is 2.67 bits per heavy atom. The summed E-state index contributed by atoms with van der Waals surface area (Å²) in [5.41, 5.74) is 4.79. The summed E-state index contributed by atoms with van der Waals surface area (Å²) in [6, 6.07) is 11.3. The third-order valence-corrected chi connectivity index (χ3v) is 3.67. The predicted octanol–water partition coefficient (Wildman–Crippen LogP) is 3.11. The van der Waals surface area contributed by atoms with Crippen molar-refractivity contribution in [3.63, 3.8) is 0 Å². The maximum Gasteiger partial charge on any atom is 0.319 e. The Labute approximate surface area is 140 Å². The maximum atomic E-state index is 12.0. The van der Waals surface area contributed by atoms with Gasteiger partial charge in [-0.05, 0) is 36.8 Å². The van der Waals surface area contributed by atoms with Crippen molar-refractivity contribution < 1.29 is 4.79 Å². The number of nitrogens with zero attached hydrogens (tertiary/aromatic N) is 3. The smallest absolute Gasteiger partial charge is 0.319 e. The molecule has 24 heavy (non-hydrogen) atoms. The molecule has 2 amide bonds. The Morgan fingerprint density at radius 1 is 1.17 bits per heavy atom. The number of benzene rings is 1. The van der Waals surface area contributed by atoms with Crippen molar-refractivity contribution in [1.82, 2.24) is 20.1 Å². The van der Waals surface area contributed by atoms with Gasteiger partial charge in [0.1, 0.15) is 0 Å². The van der Waals surface area contributed by atoms with Gasteiger partial charge in [0.2, 0.25) is 0 Å². The number of carbonyl (C=O) groups is 1. The highest BCUT2D eigenvalue weighted by Gasteiger charge is 2.06. The summed E-state index contributed by atoms with van der Waals surface area (Å²) >= 11 is 0. The molecule has 6 heteroatoms. The summed E-state index contributed by atoms with van der Waals surface area (Å²) in [5.74, 6) is 0. The van der Waals surface area contributed by atoms with E-state index in [-0.39, 0.29) is 6.03 Å². The van der Waals surface area contributed by atoms with Crippen LogP contribution in [0.25, 0.3) is 11.3 Å². The number of hydrogen-bond acceptors (Lipinski definition) is 3. The van der Waals surface area contributed by atoms with Crippen molar-refractivity contribution in [2.24, 2.45) is 7.05 Å². The number of nitrogens with one attached hydrogen (secondary N) is 2. The second-order valence-corrected chi connectivity index (χ2v) is 5.60. The molecular formula is C18H19N5O. The Kier molecular flexibility index (Phi) is 4.56. The van der Waals surface area contributed by atoms with E-state index >= 15 is 0 Å². The van der Waals surface area contributed by atoms with Crippen LogP contribution in [-0.4, -0.2) is 20.8 Å². The monoisotopic (exact) mass is 321 g/mol. The average Bonchev–Trinajstić information content (AvgIpc) is 3.01. The first-order chi connectivity index (χ1) is 11.6. The third-order valence-electron chi connectivity index (χ3n) is 3.67. The number of aromatic nitrogens is 3. The number of pyridine rings is 1. The average molecular weight is 321 g/mol. The van der Waals surface area contributed by atoms with Crippen LogP contribution in [0.15, 0.2) is 55.0 Å². The molecule has 0 aliphatic carbocycles. The van der Waals surface area contributed by atoms with Crippen molar-refractivity contribution in [2.75, 3.05) is 5.32 Å². The van der Waals surface area contributed by atoms with Crippen LogP contribution >= 0.6 is 0 Å². The van der Waals surface area contributed by atoms with Crippen molar-refractivity contribution in [2.45, 2.75) is 13.5 Å². The first-order valence-electron chi connectivity index (χ1n) is 7.65. The van der Waals surface area contributed by atoms with E-state index in [1.54, 1.807) is 23.3 Å². The zero-order valence-electron chi connectivity index (χ0n) is 13.7. The zero-order chi connectivity index (χ0) is 16.9. The molecule has 2 N–H and O–H groups in total. The van der Waals surface area contributed by atoms with Crippen LogP contribution in [0.4, 0.5) is 10.5 Å². The number of rotatable bonds is 4. The van der Waals surface area contributed by atoms with Gasteiger partial charge in [0, 0.05) is 43.4 Å². The SMILES string of the molecule is Cc1ccc(NC(=O)NCc2cncc(-c3ccnn3C)c2)cc1. The highest BCUT2D eigenvalue weighted by molar-refractivity contribution is 5.89. The quantitative estimate of drug-likeness (QED) is 0.775. The van der Waals surface area contributed by atoms with E-state index in [0.29, 0.717) is 6.54 Å². The Balaban J connectivity index is 1.61. The molecule has 0 unspecified atom stereocenters. The molecule has 0 saturated carbocycles. The Bertz CT molecular complexity index is 839. The van der Waals surface area contributed by atoms with Crippen LogP contribution in [0.5, 0.6) is 0 Å². The molecule has 3 rings (SSSR count). The molecule has 0 bridgehead atoms. The largest absolute Gasteiger partial charge is 0.334 e. The highest BCUT2D eigenvalue weighted by atomic mass is 16.2. The second-order valence-electron chi connectivity index (χ2n) is 5.60. The summed E-state index contributed by atoms with van der Waals surface area (Å²) in [7, 11) is 1.88. The highest BCUT2D eigenvalue weighted by Crippen LogP contribution is 2.18. The van der Waals surface area contributed by atoms with E-state index in [2.05, 4.69) is 20.7 Å². The molecule has 3 aromatic rings. The van der Waals surface area contributed by atoms with Gasteiger partial charge in [-0.2, -0.15) is 5.10 Å². The molecule has 0 fully saturated rings. The fraction of sp³-hybridized carbons (Fsp3) is 0.167. The number of urea groups is 1. The molecule has 2 heterocycles. The number of hydrogen-bond donors (Lipinski definition) is 2. The fourth-order valence-electron chi connectivity index (χ4n) is 2.38. The van der Waals surface area contributed by atoms with E-state index in [1.165, 1.54) is 0 Å². The third kappa shape index (κ3) is 3.78. The van der Waals surface area contributed by atoms with Gasteiger partial charge < -0.3 is 10.6 Å². The normalized spacial score (nSPS) is 10.4. The number of carbonyl (C=O) groups excluding carboxylic acids is 1. The minimum Gasteiger partial charge on any atom is -0.334 e. The lowest BCUT2D eigenvalue weighted by molar-refractivity contribution is 0.251. The van der Waals surface area contributed by atoms with Gasteiger partial charge in [-0.1, -0.05) is 17.7 Å². The Morgan fingerprint density at radius 2 is 1.96 bits per heavy atom. The van der Waals surface area contributed by atoms with Crippen molar-refractivity contribution in [3.8, 4) is 11.3 Å². The van der Waals surface area contributed by atoms with Gasteiger partial charge >= 0.3 is 6.03 Å². The molecule has 1 aromatic carbocycles. The second kappa shape index (κ2) is 6.95. The van der Waals surface area contributed by atoms with Crippen LogP contribution in [0, 0.1) is 6.92 Å². The lowest BCUT2D eigenvalue weighted by Gasteiger charge is -2.09. The fourth-order valence-corrected chi connectivity index (χ4v) is 2.38. The summed E-state index contributed by atoms with van der Waals surface area (Å²) in [4.78, 5) is 16.2. The van der Waals surface area contributed by atoms with E-state index < -0.39 is 0 Å². The molecular weight excluding hydrogens is 302 g/mol. The molecule has 0 atom stereocenters. The van der Waals surface area contributed by atoms with Gasteiger partial charge in [-0.25, -0.2) is 4.79 Å². The van der Waals surface area contributed by atoms with Crippen LogP contribution in [0.2, 0.25) is 0 Å². The summed E-state index contributed by atoms with van der Waals surface area (Å²) < 4.78 is 1.79. The summed E-state index contributed by atoms with van der Waals surface area (Å²) in [5, 5.41) is 9.80. The molecule has 0 aliphatic heterocycles. The standard InChI is InChI=1S/C18H19N5O/c1-13-3-5-16(6-4-13)22-18(24)20-11-14-9-15(12-19-10-14)17-7-8-21-23(17)2/h3-10,12H,11H2,1-2H3,(H2,20,22,24). The van der Waals surface area contributed by atoms with Crippen LogP contribution in [0.1, 0.15) is 11.1 Å². The molecule has 0 radical (unpaired) electrons. The zero-order valence-corrected chi connectivity index (χ0v) is 13.7. The summed E-state index contributed by atoms with van der Waals surface area (Å²) in [6.45, 7) is 2.41. The van der Waals surface area contributed by atoms with Gasteiger partial charge in [-0.3, -0.25) is 9.67 Å². The number of aryl methyl sites for hydroxylation is 2. The van der Waals surface area contributed by atoms with Crippen molar-refractivity contribution in [1.29, 1.82) is 0 Å². The predicted molar refractivity (Wildman–Crippen MR) is 93.5 cm³/mol. The van der Waals surface area contributed by atoms with Crippen LogP contribution < -0.4 is 10.6 Å². The first kappa shape index (κ1) is 15.7. The number of amides is 2. The van der Waals surface area contributed by atoms with E-state index in [0.717, 1.165) is 28.1 Å². The van der Waals surface area contributed by atoms with Crippen molar-refractivity contribution in [3.05, 3.63) is 66.1 Å². The van der Waals surface area contributed by atoms with Gasteiger partial charge in [-0.15, -0.1) is 0 Å². The lowest BCUT2D eigenvalue weighted by atomic mass is 10.1. The topological polar surface area (TPSA) is 71.8 Å². The molecule has 0 spiro atoms. The van der Waals surface area contributed by atoms with E-state index in [1.807, 2.05) is 50.4 Å². The minimum atomic E-state index is -0.246. The van der Waals surface area contributed by atoms with Gasteiger partial charge in [0.15, 0.2) is 0 Å². The van der Waals surface area contributed by atoms with E-state index in [9.17, 15) is 4.79 Å². The van der Waals surface area contributed by atoms with Crippen molar-refractivity contribution >= 4 is 11.7 Å². The van der Waals surface area contributed by atoms with E-state index in [4.69, 9.17) is 0 Å². The Hall–Kier alpha value is -3.15. The molecule has 0 aliphatic rings. The van der Waals surface area contributed by atoms with Crippen LogP contribution in [-0.2, 0) is 13.6 Å². The molecule has 122 valence electrons.